The van der Waals surface area contributed by atoms with Gasteiger partial charge in [0.1, 0.15) is 19.3 Å². The smallest absolute Gasteiger partial charge is 0.462 e. The number of esters is 4. The van der Waals surface area contributed by atoms with Gasteiger partial charge < -0.3 is 33.8 Å². The first-order valence-corrected chi connectivity index (χ1v) is 38.8. The first-order valence-electron chi connectivity index (χ1n) is 35.8. The lowest BCUT2D eigenvalue weighted by molar-refractivity contribution is -0.161. The van der Waals surface area contributed by atoms with Crippen molar-refractivity contribution in [3.05, 3.63) is 0 Å². The van der Waals surface area contributed by atoms with Crippen molar-refractivity contribution in [3.63, 3.8) is 0 Å². The number of carbonyl (C=O) groups is 4. The maximum absolute atomic E-state index is 13.0. The molecule has 3 N–H and O–H groups in total. The summed E-state index contributed by atoms with van der Waals surface area (Å²) in [6.45, 7) is 14.1. The third-order valence-electron chi connectivity index (χ3n) is 16.5. The van der Waals surface area contributed by atoms with E-state index in [9.17, 15) is 43.2 Å². The number of phosphoric acid groups is 2. The lowest BCUT2D eigenvalue weighted by atomic mass is 9.99. The largest absolute Gasteiger partial charge is 0.472 e. The molecule has 0 aromatic carbocycles. The Kier molecular flexibility index (Phi) is 57.6. The molecule has 0 rings (SSSR count). The fourth-order valence-corrected chi connectivity index (χ4v) is 11.8. The molecule has 522 valence electrons. The number of rotatable bonds is 66. The van der Waals surface area contributed by atoms with Crippen LogP contribution in [0.25, 0.3) is 0 Å². The summed E-state index contributed by atoms with van der Waals surface area (Å²) in [7, 11) is -9.90. The van der Waals surface area contributed by atoms with Crippen LogP contribution in [0.1, 0.15) is 338 Å². The van der Waals surface area contributed by atoms with Gasteiger partial charge >= 0.3 is 39.5 Å². The minimum Gasteiger partial charge on any atom is -0.462 e. The van der Waals surface area contributed by atoms with Crippen LogP contribution in [0.5, 0.6) is 0 Å². The van der Waals surface area contributed by atoms with Crippen molar-refractivity contribution >= 4 is 39.5 Å². The number of aliphatic hydroxyl groups excluding tert-OH is 1. The van der Waals surface area contributed by atoms with Crippen molar-refractivity contribution in [2.24, 2.45) is 23.7 Å². The summed E-state index contributed by atoms with van der Waals surface area (Å²) in [5, 5.41) is 10.6. The highest BCUT2D eigenvalue weighted by Crippen LogP contribution is 2.45. The topological polar surface area (TPSA) is 237 Å². The molecule has 0 aromatic heterocycles. The number of carbonyl (C=O) groups excluding carboxylic acids is 4. The number of hydrogen-bond acceptors (Lipinski definition) is 15. The van der Waals surface area contributed by atoms with Crippen molar-refractivity contribution in [1.29, 1.82) is 0 Å². The van der Waals surface area contributed by atoms with Crippen LogP contribution in [0.15, 0.2) is 0 Å². The molecule has 0 fully saturated rings. The monoisotopic (exact) mass is 1300 g/mol. The minimum absolute atomic E-state index is 0.103. The highest BCUT2D eigenvalue weighted by molar-refractivity contribution is 7.47. The van der Waals surface area contributed by atoms with Crippen molar-refractivity contribution in [1.82, 2.24) is 0 Å². The third-order valence-corrected chi connectivity index (χ3v) is 18.4. The molecule has 0 aliphatic rings. The Morgan fingerprint density at radius 3 is 0.807 bits per heavy atom. The highest BCUT2D eigenvalue weighted by Gasteiger charge is 2.30. The molecule has 17 nitrogen and oxygen atoms in total. The second-order valence-electron chi connectivity index (χ2n) is 26.4. The van der Waals surface area contributed by atoms with Gasteiger partial charge in [-0.1, -0.05) is 287 Å². The SMILES string of the molecule is CCC(C)CCCCCCCCCCC(=O)O[C@H](COC(=O)CCCCCCCCC(C)CC)COP(=O)(O)OC[C@H](O)COP(=O)(O)OC[C@@H](COC(=O)CCCCCCCCCCCCCCC(C)C)OC(=O)CCCCCCCCCCC(C)C. The molecule has 0 aliphatic heterocycles. The Morgan fingerprint density at radius 1 is 0.318 bits per heavy atom. The van der Waals surface area contributed by atoms with Crippen LogP contribution in [-0.2, 0) is 65.4 Å². The van der Waals surface area contributed by atoms with Crippen molar-refractivity contribution in [2.75, 3.05) is 39.6 Å². The maximum atomic E-state index is 13.0. The summed E-state index contributed by atoms with van der Waals surface area (Å²) >= 11 is 0. The van der Waals surface area contributed by atoms with Gasteiger partial charge in [0.05, 0.1) is 26.4 Å². The summed E-state index contributed by atoms with van der Waals surface area (Å²) in [5.74, 6) is 0.866. The number of unbranched alkanes of at least 4 members (excludes halogenated alkanes) is 30. The molecule has 0 saturated heterocycles. The van der Waals surface area contributed by atoms with E-state index in [1.54, 1.807) is 0 Å². The zero-order valence-corrected chi connectivity index (χ0v) is 59.1. The summed E-state index contributed by atoms with van der Waals surface area (Å²) in [5.41, 5.74) is 0. The maximum Gasteiger partial charge on any atom is 0.472 e. The van der Waals surface area contributed by atoms with Crippen molar-refractivity contribution in [3.8, 4) is 0 Å². The van der Waals surface area contributed by atoms with Crippen LogP contribution in [0.2, 0.25) is 0 Å². The molecule has 88 heavy (non-hydrogen) atoms. The number of phosphoric ester groups is 2. The zero-order chi connectivity index (χ0) is 65.4. The molecule has 0 saturated carbocycles. The van der Waals surface area contributed by atoms with E-state index >= 15 is 0 Å². The Balaban J connectivity index is 5.25. The number of hydrogen-bond donors (Lipinski definition) is 3. The number of aliphatic hydroxyl groups is 1. The van der Waals surface area contributed by atoms with E-state index in [1.165, 1.54) is 135 Å². The van der Waals surface area contributed by atoms with Crippen LogP contribution in [0.3, 0.4) is 0 Å². The van der Waals surface area contributed by atoms with Crippen LogP contribution < -0.4 is 0 Å². The molecular weight excluding hydrogens is 1160 g/mol. The molecule has 0 aliphatic carbocycles. The lowest BCUT2D eigenvalue weighted by Gasteiger charge is -2.21. The highest BCUT2D eigenvalue weighted by atomic mass is 31.2. The quantitative estimate of drug-likeness (QED) is 0.0222. The molecule has 0 amide bonds. The van der Waals surface area contributed by atoms with Gasteiger partial charge in [-0.25, -0.2) is 9.13 Å². The Bertz CT molecular complexity index is 1750. The van der Waals surface area contributed by atoms with Gasteiger partial charge in [0.2, 0.25) is 0 Å². The summed E-state index contributed by atoms with van der Waals surface area (Å²) in [4.78, 5) is 72.5. The average Bonchev–Trinajstić information content (AvgIpc) is 3.70. The minimum atomic E-state index is -4.95. The van der Waals surface area contributed by atoms with E-state index in [0.717, 1.165) is 120 Å². The lowest BCUT2D eigenvalue weighted by Crippen LogP contribution is -2.30. The fourth-order valence-electron chi connectivity index (χ4n) is 10.2. The predicted octanol–water partition coefficient (Wildman–Crippen LogP) is 19.3. The first-order chi connectivity index (χ1) is 42.2. The van der Waals surface area contributed by atoms with Crippen LogP contribution >= 0.6 is 15.6 Å². The Labute approximate surface area is 537 Å². The van der Waals surface area contributed by atoms with E-state index in [2.05, 4.69) is 55.4 Å². The molecule has 0 spiro atoms. The van der Waals surface area contributed by atoms with Gasteiger partial charge in [0.25, 0.3) is 0 Å². The average molecular weight is 1300 g/mol. The fraction of sp³-hybridized carbons (Fsp3) is 0.942. The first kappa shape index (κ1) is 86.1. The van der Waals surface area contributed by atoms with Crippen LogP contribution in [-0.4, -0.2) is 96.7 Å². The predicted molar refractivity (Wildman–Crippen MR) is 354 cm³/mol. The molecule has 0 bridgehead atoms. The Morgan fingerprint density at radius 2 is 0.545 bits per heavy atom. The van der Waals surface area contributed by atoms with E-state index in [1.807, 2.05) is 0 Å². The van der Waals surface area contributed by atoms with Crippen LogP contribution in [0, 0.1) is 23.7 Å². The molecular formula is C69H134O17P2. The van der Waals surface area contributed by atoms with Gasteiger partial charge in [-0.2, -0.15) is 0 Å². The summed E-state index contributed by atoms with van der Waals surface area (Å²) < 4.78 is 68.2. The standard InChI is InChI=1S/C69H134O17P2/c1-9-61(7)47-39-31-23-18-20-26-36-44-52-69(74)86-65(56-80-67(72)50-42-34-28-27-32-40-48-62(8)10-2)58-84-88(77,78)82-54-63(70)53-81-87(75,76)83-57-64(85-68(73)51-43-35-25-19-17-22-30-38-46-60(5)6)55-79-66(71)49-41-33-24-16-14-12-11-13-15-21-29-37-45-59(3)4/h59-65,70H,9-58H2,1-8H3,(H,75,76)(H,77,78)/t61?,62?,63-,64-,65-/m1/s1. The number of ether oxygens (including phenoxy) is 4. The van der Waals surface area contributed by atoms with Crippen molar-refractivity contribution in [2.45, 2.75) is 356 Å². The Hall–Kier alpha value is -1.94. The molecule has 0 radical (unpaired) electrons. The van der Waals surface area contributed by atoms with Gasteiger partial charge in [-0.05, 0) is 49.4 Å². The molecule has 7 atom stereocenters. The van der Waals surface area contributed by atoms with Gasteiger partial charge in [0.15, 0.2) is 12.2 Å². The van der Waals surface area contributed by atoms with Crippen molar-refractivity contribution < 1.29 is 80.2 Å². The second-order valence-corrected chi connectivity index (χ2v) is 29.3. The summed E-state index contributed by atoms with van der Waals surface area (Å²) in [6, 6.07) is 0. The van der Waals surface area contributed by atoms with E-state index in [4.69, 9.17) is 37.0 Å². The van der Waals surface area contributed by atoms with E-state index in [-0.39, 0.29) is 25.7 Å². The van der Waals surface area contributed by atoms with Gasteiger partial charge in [-0.3, -0.25) is 37.3 Å². The third kappa shape index (κ3) is 60.3. The van der Waals surface area contributed by atoms with Gasteiger partial charge in [0, 0.05) is 25.7 Å². The normalized spacial score (nSPS) is 14.9. The van der Waals surface area contributed by atoms with E-state index < -0.39 is 97.5 Å². The molecule has 0 aromatic rings. The second kappa shape index (κ2) is 58.8. The van der Waals surface area contributed by atoms with Crippen LogP contribution in [0.4, 0.5) is 0 Å². The summed E-state index contributed by atoms with van der Waals surface area (Å²) in [6.07, 6.45) is 40.3. The molecule has 0 heterocycles. The zero-order valence-electron chi connectivity index (χ0n) is 57.3. The van der Waals surface area contributed by atoms with E-state index in [0.29, 0.717) is 25.7 Å². The molecule has 19 heteroatoms. The van der Waals surface area contributed by atoms with Gasteiger partial charge in [-0.15, -0.1) is 0 Å². The molecule has 4 unspecified atom stereocenters.